The van der Waals surface area contributed by atoms with Gasteiger partial charge in [0.05, 0.1) is 11.2 Å². The molecule has 2 bridgehead atoms. The molecular formula is C20H22F3NO4S. The number of ketones is 2. The van der Waals surface area contributed by atoms with Gasteiger partial charge in [0.1, 0.15) is 5.78 Å². The Labute approximate surface area is 167 Å². The number of Topliss-reactive ketones (excluding diaryl/α,β-unsaturated/α-hetero) is 1. The maximum Gasteiger partial charge on any atom is 0.454 e. The van der Waals surface area contributed by atoms with Crippen LogP contribution in [0.3, 0.4) is 0 Å². The van der Waals surface area contributed by atoms with E-state index in [-0.39, 0.29) is 28.6 Å². The Kier molecular flexibility index (Phi) is 5.18. The lowest BCUT2D eigenvalue weighted by molar-refractivity contribution is -0.165. The molecule has 2 fully saturated rings. The van der Waals surface area contributed by atoms with Crippen molar-refractivity contribution in [1.82, 2.24) is 0 Å². The van der Waals surface area contributed by atoms with Crippen molar-refractivity contribution in [2.24, 2.45) is 16.7 Å². The molecule has 0 aromatic heterocycles. The van der Waals surface area contributed by atoms with E-state index in [1.165, 1.54) is 24.3 Å². The predicted octanol–water partition coefficient (Wildman–Crippen LogP) is 3.97. The van der Waals surface area contributed by atoms with Gasteiger partial charge in [-0.3, -0.25) is 14.3 Å². The van der Waals surface area contributed by atoms with Gasteiger partial charge in [-0.15, -0.1) is 0 Å². The van der Waals surface area contributed by atoms with E-state index in [1.54, 1.807) is 0 Å². The minimum Gasteiger partial charge on any atom is -0.299 e. The molecule has 2 aliphatic rings. The van der Waals surface area contributed by atoms with Crippen molar-refractivity contribution < 1.29 is 31.2 Å². The number of alkyl halides is 3. The Balaban J connectivity index is 1.71. The van der Waals surface area contributed by atoms with Crippen LogP contribution >= 0.6 is 0 Å². The molecule has 2 unspecified atom stereocenters. The van der Waals surface area contributed by atoms with Gasteiger partial charge in [-0.25, -0.2) is 8.42 Å². The number of hydrogen-bond acceptors (Lipinski definition) is 4. The summed E-state index contributed by atoms with van der Waals surface area (Å²) in [5, 5.41) is 0. The van der Waals surface area contributed by atoms with Crippen LogP contribution in [-0.4, -0.2) is 31.9 Å². The van der Waals surface area contributed by atoms with Crippen LogP contribution in [-0.2, 0) is 19.6 Å². The van der Waals surface area contributed by atoms with Gasteiger partial charge in [0.15, 0.2) is 0 Å². The largest absolute Gasteiger partial charge is 0.454 e. The first-order valence-corrected chi connectivity index (χ1v) is 10.9. The Morgan fingerprint density at radius 3 is 2.34 bits per heavy atom. The first-order valence-electron chi connectivity index (χ1n) is 9.20. The quantitative estimate of drug-likeness (QED) is 0.694. The van der Waals surface area contributed by atoms with Crippen molar-refractivity contribution in [2.75, 3.05) is 10.5 Å². The van der Waals surface area contributed by atoms with Crippen LogP contribution in [0.2, 0.25) is 0 Å². The summed E-state index contributed by atoms with van der Waals surface area (Å²) in [5.74, 6) is -2.06. The molecule has 1 aromatic carbocycles. The maximum absolute atomic E-state index is 12.7. The molecule has 3 rings (SSSR count). The first kappa shape index (κ1) is 21.5. The van der Waals surface area contributed by atoms with Crippen LogP contribution in [0.15, 0.2) is 30.3 Å². The van der Waals surface area contributed by atoms with Gasteiger partial charge in [0.25, 0.3) is 5.78 Å². The second-order valence-corrected chi connectivity index (χ2v) is 10.1. The zero-order chi connectivity index (χ0) is 21.7. The highest BCUT2D eigenvalue weighted by atomic mass is 32.2. The van der Waals surface area contributed by atoms with Crippen molar-refractivity contribution >= 4 is 33.4 Å². The summed E-state index contributed by atoms with van der Waals surface area (Å²) in [7, 11) is -3.82. The fraction of sp³-hybridized carbons (Fsp3) is 0.500. The number of hydrogen-bond donors (Lipinski definition) is 1. The molecular weight excluding hydrogens is 407 g/mol. The van der Waals surface area contributed by atoms with Crippen LogP contribution in [0.4, 0.5) is 18.9 Å². The molecule has 0 spiro atoms. The van der Waals surface area contributed by atoms with Gasteiger partial charge in [-0.05, 0) is 47.9 Å². The Morgan fingerprint density at radius 2 is 1.86 bits per heavy atom. The summed E-state index contributed by atoms with van der Waals surface area (Å²) >= 11 is 0. The average Bonchev–Trinajstić information content (AvgIpc) is 2.93. The van der Waals surface area contributed by atoms with Crippen LogP contribution in [0.25, 0.3) is 6.08 Å². The minimum atomic E-state index is -4.93. The van der Waals surface area contributed by atoms with Gasteiger partial charge >= 0.3 is 6.18 Å². The number of nitrogens with one attached hydrogen (secondary N) is 1. The standard InChI is InChI=1S/C20H22F3NO4S/c1-18(2)14-9-10-19(18,17(26)11-14)12-29(27,28)24-15-6-3-13(4-7-15)5-8-16(25)20(21,22)23/h3-8,14,24H,9-12H2,1-2H3/b8-5+. The molecule has 0 heterocycles. The summed E-state index contributed by atoms with van der Waals surface area (Å²) < 4.78 is 64.6. The fourth-order valence-electron chi connectivity index (χ4n) is 4.58. The average molecular weight is 429 g/mol. The molecule has 5 nitrogen and oxygen atoms in total. The van der Waals surface area contributed by atoms with Gasteiger partial charge in [0.2, 0.25) is 10.0 Å². The molecule has 9 heteroatoms. The van der Waals surface area contributed by atoms with Gasteiger partial charge < -0.3 is 0 Å². The lowest BCUT2D eigenvalue weighted by Gasteiger charge is -2.36. The van der Waals surface area contributed by atoms with Crippen LogP contribution < -0.4 is 4.72 Å². The van der Waals surface area contributed by atoms with Crippen molar-refractivity contribution in [3.8, 4) is 0 Å². The molecule has 0 amide bonds. The SMILES string of the molecule is CC1(C)C2CCC1(CS(=O)(=O)Nc1ccc(/C=C/C(=O)C(F)(F)F)cc1)C(=O)C2. The van der Waals surface area contributed by atoms with E-state index in [4.69, 9.17) is 0 Å². The third kappa shape index (κ3) is 3.97. The normalized spacial score (nSPS) is 26.2. The highest BCUT2D eigenvalue weighted by molar-refractivity contribution is 7.92. The topological polar surface area (TPSA) is 80.3 Å². The van der Waals surface area contributed by atoms with E-state index in [2.05, 4.69) is 4.72 Å². The van der Waals surface area contributed by atoms with Crippen LogP contribution in [0.5, 0.6) is 0 Å². The van der Waals surface area contributed by atoms with Crippen LogP contribution in [0.1, 0.15) is 38.7 Å². The molecule has 0 radical (unpaired) electrons. The maximum atomic E-state index is 12.7. The first-order chi connectivity index (χ1) is 13.3. The van der Waals surface area contributed by atoms with Crippen molar-refractivity contribution in [3.63, 3.8) is 0 Å². The number of sulfonamides is 1. The van der Waals surface area contributed by atoms with Crippen molar-refractivity contribution in [3.05, 3.63) is 35.9 Å². The van der Waals surface area contributed by atoms with E-state index < -0.39 is 27.4 Å². The highest BCUT2D eigenvalue weighted by Gasteiger charge is 2.65. The number of fused-ring (bicyclic) bond motifs is 2. The van der Waals surface area contributed by atoms with Gasteiger partial charge in [-0.2, -0.15) is 13.2 Å². The second kappa shape index (κ2) is 6.97. The molecule has 1 N–H and O–H groups in total. The van der Waals surface area contributed by atoms with E-state index in [0.29, 0.717) is 24.5 Å². The Hall–Kier alpha value is -2.16. The molecule has 29 heavy (non-hydrogen) atoms. The number of benzene rings is 1. The number of carbonyl (C=O) groups is 2. The molecule has 158 valence electrons. The Morgan fingerprint density at radius 1 is 1.24 bits per heavy atom. The van der Waals surface area contributed by atoms with Gasteiger partial charge in [-0.1, -0.05) is 32.1 Å². The molecule has 2 aliphatic carbocycles. The van der Waals surface area contributed by atoms with E-state index >= 15 is 0 Å². The molecule has 0 aliphatic heterocycles. The van der Waals surface area contributed by atoms with Gasteiger partial charge in [0, 0.05) is 12.1 Å². The van der Waals surface area contributed by atoms with E-state index in [0.717, 1.165) is 12.5 Å². The predicted molar refractivity (Wildman–Crippen MR) is 103 cm³/mol. The summed E-state index contributed by atoms with van der Waals surface area (Å²) in [4.78, 5) is 23.4. The third-order valence-corrected chi connectivity index (χ3v) is 7.89. The Bertz CT molecular complexity index is 964. The summed E-state index contributed by atoms with van der Waals surface area (Å²) in [6.45, 7) is 3.91. The lowest BCUT2D eigenvalue weighted by atomic mass is 9.70. The zero-order valence-corrected chi connectivity index (χ0v) is 16.9. The number of allylic oxidation sites excluding steroid dienone is 1. The molecule has 2 saturated carbocycles. The number of carbonyl (C=O) groups excluding carboxylic acids is 2. The smallest absolute Gasteiger partial charge is 0.299 e. The number of rotatable bonds is 6. The molecule has 2 atom stereocenters. The zero-order valence-electron chi connectivity index (χ0n) is 16.0. The summed E-state index contributed by atoms with van der Waals surface area (Å²) in [5.41, 5.74) is -0.712. The third-order valence-electron chi connectivity index (χ3n) is 6.47. The van der Waals surface area contributed by atoms with Crippen molar-refractivity contribution in [1.29, 1.82) is 0 Å². The highest BCUT2D eigenvalue weighted by Crippen LogP contribution is 2.64. The molecule has 0 saturated heterocycles. The summed E-state index contributed by atoms with van der Waals surface area (Å²) in [6, 6.07) is 5.58. The van der Waals surface area contributed by atoms with E-state index in [1.807, 2.05) is 13.8 Å². The summed E-state index contributed by atoms with van der Waals surface area (Å²) in [6.07, 6.45) is -1.70. The monoisotopic (exact) mass is 429 g/mol. The van der Waals surface area contributed by atoms with Crippen molar-refractivity contribution in [2.45, 2.75) is 39.3 Å². The lowest BCUT2D eigenvalue weighted by Crippen LogP contribution is -2.43. The fourth-order valence-corrected chi connectivity index (χ4v) is 6.47. The minimum absolute atomic E-state index is 0.000980. The number of halogens is 3. The molecule has 1 aromatic rings. The second-order valence-electron chi connectivity index (χ2n) is 8.35. The number of anilines is 1. The van der Waals surface area contributed by atoms with E-state index in [9.17, 15) is 31.2 Å². The van der Waals surface area contributed by atoms with Crippen LogP contribution in [0, 0.1) is 16.7 Å².